The molecule has 0 unspecified atom stereocenters. The Hall–Kier alpha value is -4.09. The maximum atomic E-state index is 13.3. The molecule has 38 heavy (non-hydrogen) atoms. The number of hydrogen-bond acceptors (Lipinski definition) is 7. The summed E-state index contributed by atoms with van der Waals surface area (Å²) in [4.78, 5) is 35.7. The first-order chi connectivity index (χ1) is 17.6. The average Bonchev–Trinajstić information content (AvgIpc) is 3.30. The van der Waals surface area contributed by atoms with Crippen molar-refractivity contribution in [1.29, 1.82) is 0 Å². The molecule has 0 saturated heterocycles. The van der Waals surface area contributed by atoms with Crippen LogP contribution in [0.3, 0.4) is 0 Å². The number of pyridine rings is 1. The molecule has 3 N–H and O–H groups in total. The molecule has 0 bridgehead atoms. The Morgan fingerprint density at radius 1 is 1.16 bits per heavy atom. The van der Waals surface area contributed by atoms with Gasteiger partial charge in [0.25, 0.3) is 5.56 Å². The van der Waals surface area contributed by atoms with E-state index >= 15 is 0 Å². The molecule has 1 aliphatic heterocycles. The van der Waals surface area contributed by atoms with E-state index in [-0.39, 0.29) is 24.3 Å². The number of nitrogens with two attached hydrogens (primary N) is 1. The van der Waals surface area contributed by atoms with E-state index < -0.39 is 29.5 Å². The van der Waals surface area contributed by atoms with Crippen molar-refractivity contribution in [2.45, 2.75) is 45.5 Å². The normalized spacial score (nSPS) is 14.9. The second-order valence-electron chi connectivity index (χ2n) is 10.2. The first-order valence-corrected chi connectivity index (χ1v) is 11.9. The molecule has 0 radical (unpaired) electrons. The highest BCUT2D eigenvalue weighted by Crippen LogP contribution is 2.34. The predicted octanol–water partition coefficient (Wildman–Crippen LogP) is 4.74. The first kappa shape index (κ1) is 27.0. The number of rotatable bonds is 4. The molecule has 0 fully saturated rings. The number of carbonyl (C=O) groups is 1. The summed E-state index contributed by atoms with van der Waals surface area (Å²) in [6.07, 6.45) is -1.96. The number of anilines is 2. The predicted molar refractivity (Wildman–Crippen MR) is 138 cm³/mol. The van der Waals surface area contributed by atoms with Crippen molar-refractivity contribution in [3.8, 4) is 0 Å². The molecule has 4 rings (SSSR count). The summed E-state index contributed by atoms with van der Waals surface area (Å²) < 4.78 is 46.7. The summed E-state index contributed by atoms with van der Waals surface area (Å²) in [5, 5.41) is 3.62. The Morgan fingerprint density at radius 2 is 1.87 bits per heavy atom. The van der Waals surface area contributed by atoms with E-state index in [2.05, 4.69) is 15.3 Å². The number of amides is 1. The molecule has 202 valence electrons. The van der Waals surface area contributed by atoms with Gasteiger partial charge in [0.15, 0.2) is 0 Å². The molecule has 1 aliphatic rings. The van der Waals surface area contributed by atoms with Gasteiger partial charge in [-0.2, -0.15) is 13.2 Å². The summed E-state index contributed by atoms with van der Waals surface area (Å²) in [5.41, 5.74) is 5.58. The van der Waals surface area contributed by atoms with E-state index in [0.717, 1.165) is 12.1 Å². The van der Waals surface area contributed by atoms with Crippen molar-refractivity contribution in [2.75, 3.05) is 24.1 Å². The largest absolute Gasteiger partial charge is 0.444 e. The van der Waals surface area contributed by atoms with E-state index in [1.165, 1.54) is 21.9 Å². The number of aromatic nitrogens is 3. The fourth-order valence-electron chi connectivity index (χ4n) is 4.21. The second kappa shape index (κ2) is 9.66. The van der Waals surface area contributed by atoms with Gasteiger partial charge in [0.05, 0.1) is 17.0 Å². The molecule has 1 amide bonds. The molecule has 1 atom stereocenters. The van der Waals surface area contributed by atoms with Crippen LogP contribution in [-0.4, -0.2) is 44.2 Å². The lowest BCUT2D eigenvalue weighted by molar-refractivity contribution is -0.137. The summed E-state index contributed by atoms with van der Waals surface area (Å²) >= 11 is 0. The SMILES string of the molecule is C[C@@H](Nc1ncnc2c1cc(C1=CCN(C(=O)OC(C)(C)C)C1)c(=O)n2C)c1cc(N)cc(C(F)(F)F)c1. The fraction of sp³-hybridized carbons (Fsp3) is 0.385. The molecule has 12 heteroatoms. The quantitative estimate of drug-likeness (QED) is 0.469. The number of nitrogens with one attached hydrogen (secondary N) is 1. The summed E-state index contributed by atoms with van der Waals surface area (Å²) in [5.74, 6) is 0.331. The molecule has 9 nitrogen and oxygen atoms in total. The molecular formula is C26H29F3N6O3. The number of carbonyl (C=O) groups excluding carboxylic acids is 1. The number of hydrogen-bond donors (Lipinski definition) is 2. The Kier molecular flexibility index (Phi) is 6.85. The molecule has 3 aromatic rings. The number of halogens is 3. The van der Waals surface area contributed by atoms with Gasteiger partial charge in [-0.3, -0.25) is 9.36 Å². The van der Waals surface area contributed by atoms with Gasteiger partial charge >= 0.3 is 12.3 Å². The van der Waals surface area contributed by atoms with E-state index in [9.17, 15) is 22.8 Å². The third-order valence-corrected chi connectivity index (χ3v) is 6.08. The van der Waals surface area contributed by atoms with Gasteiger partial charge in [-0.05, 0) is 63.1 Å². The van der Waals surface area contributed by atoms with Crippen LogP contribution in [0.5, 0.6) is 0 Å². The Balaban J connectivity index is 1.68. The van der Waals surface area contributed by atoms with Gasteiger partial charge in [-0.1, -0.05) is 6.08 Å². The topological polar surface area (TPSA) is 115 Å². The lowest BCUT2D eigenvalue weighted by Crippen LogP contribution is -2.35. The molecule has 0 aliphatic carbocycles. The van der Waals surface area contributed by atoms with Gasteiger partial charge < -0.3 is 20.7 Å². The maximum absolute atomic E-state index is 13.3. The van der Waals surface area contributed by atoms with Crippen LogP contribution >= 0.6 is 0 Å². The van der Waals surface area contributed by atoms with Crippen LogP contribution < -0.4 is 16.6 Å². The zero-order chi connectivity index (χ0) is 28.0. The number of nitrogens with zero attached hydrogens (tertiary/aromatic N) is 4. The minimum atomic E-state index is -4.54. The summed E-state index contributed by atoms with van der Waals surface area (Å²) in [6, 6.07) is 4.41. The number of benzene rings is 1. The highest BCUT2D eigenvalue weighted by atomic mass is 19.4. The lowest BCUT2D eigenvalue weighted by atomic mass is 10.0. The van der Waals surface area contributed by atoms with E-state index in [4.69, 9.17) is 10.5 Å². The lowest BCUT2D eigenvalue weighted by Gasteiger charge is -2.24. The molecular weight excluding hydrogens is 501 g/mol. The van der Waals surface area contributed by atoms with Gasteiger partial charge in [0.1, 0.15) is 23.4 Å². The smallest absolute Gasteiger partial charge is 0.416 e. The number of fused-ring (bicyclic) bond motifs is 1. The van der Waals surface area contributed by atoms with Crippen molar-refractivity contribution in [3.63, 3.8) is 0 Å². The highest BCUT2D eigenvalue weighted by molar-refractivity contribution is 5.90. The summed E-state index contributed by atoms with van der Waals surface area (Å²) in [6.45, 7) is 7.48. The first-order valence-electron chi connectivity index (χ1n) is 11.9. The second-order valence-corrected chi connectivity index (χ2v) is 10.2. The van der Waals surface area contributed by atoms with Crippen molar-refractivity contribution >= 4 is 34.2 Å². The maximum Gasteiger partial charge on any atom is 0.416 e. The number of nitrogen functional groups attached to an aromatic ring is 1. The third kappa shape index (κ3) is 5.58. The Bertz CT molecular complexity index is 1490. The van der Waals surface area contributed by atoms with Crippen LogP contribution in [0.1, 0.15) is 50.4 Å². The van der Waals surface area contributed by atoms with Gasteiger partial charge in [-0.15, -0.1) is 0 Å². The zero-order valence-corrected chi connectivity index (χ0v) is 21.7. The van der Waals surface area contributed by atoms with Crippen LogP contribution in [0.2, 0.25) is 0 Å². The number of ether oxygens (including phenoxy) is 1. The standard InChI is InChI=1S/C26H29F3N6O3/c1-14(16-8-17(26(27,28)29)10-18(30)9-16)33-21-20-11-19(23(36)34(5)22(20)32-13-31-21)15-6-7-35(12-15)24(37)38-25(2,3)4/h6,8-11,13-14H,7,12,30H2,1-5H3,(H,31,32,33)/t14-/m1/s1. The molecule has 0 spiro atoms. The van der Waals surface area contributed by atoms with Crippen LogP contribution in [0.4, 0.5) is 29.5 Å². The zero-order valence-electron chi connectivity index (χ0n) is 21.7. The van der Waals surface area contributed by atoms with Gasteiger partial charge in [-0.25, -0.2) is 14.8 Å². The Labute approximate surface area is 217 Å². The van der Waals surface area contributed by atoms with E-state index in [1.807, 2.05) is 0 Å². The van der Waals surface area contributed by atoms with Crippen molar-refractivity contribution in [2.24, 2.45) is 7.05 Å². The van der Waals surface area contributed by atoms with Crippen molar-refractivity contribution < 1.29 is 22.7 Å². The molecule has 0 saturated carbocycles. The van der Waals surface area contributed by atoms with Crippen LogP contribution in [0.15, 0.2) is 41.5 Å². The fourth-order valence-corrected chi connectivity index (χ4v) is 4.21. The van der Waals surface area contributed by atoms with Crippen LogP contribution in [0.25, 0.3) is 16.6 Å². The minimum Gasteiger partial charge on any atom is -0.444 e. The molecule has 3 heterocycles. The van der Waals surface area contributed by atoms with E-state index in [0.29, 0.717) is 33.6 Å². The third-order valence-electron chi connectivity index (χ3n) is 6.08. The van der Waals surface area contributed by atoms with E-state index in [1.54, 1.807) is 46.9 Å². The van der Waals surface area contributed by atoms with Crippen molar-refractivity contribution in [1.82, 2.24) is 19.4 Å². The number of alkyl halides is 3. The van der Waals surface area contributed by atoms with Crippen molar-refractivity contribution in [3.05, 3.63) is 63.7 Å². The van der Waals surface area contributed by atoms with Crippen LogP contribution in [0, 0.1) is 0 Å². The molecule has 1 aromatic carbocycles. The Morgan fingerprint density at radius 3 is 2.53 bits per heavy atom. The number of aryl methyl sites for hydroxylation is 1. The highest BCUT2D eigenvalue weighted by Gasteiger charge is 2.32. The minimum absolute atomic E-state index is 0.0107. The monoisotopic (exact) mass is 530 g/mol. The molecule has 2 aromatic heterocycles. The van der Waals surface area contributed by atoms with Gasteiger partial charge in [0.2, 0.25) is 0 Å². The average molecular weight is 531 g/mol. The van der Waals surface area contributed by atoms with Crippen LogP contribution in [-0.2, 0) is 18.0 Å². The summed E-state index contributed by atoms with van der Waals surface area (Å²) in [7, 11) is 1.57. The van der Waals surface area contributed by atoms with Gasteiger partial charge in [0, 0.05) is 31.4 Å².